The van der Waals surface area contributed by atoms with E-state index in [4.69, 9.17) is 10.5 Å². The highest BCUT2D eigenvalue weighted by Gasteiger charge is 2.38. The predicted molar refractivity (Wildman–Crippen MR) is 73.6 cm³/mol. The lowest BCUT2D eigenvalue weighted by atomic mass is 10.1. The summed E-state index contributed by atoms with van der Waals surface area (Å²) in [6.07, 6.45) is -0.375. The number of carbonyl (C=O) groups excluding carboxylic acids is 1. The first-order chi connectivity index (χ1) is 9.49. The van der Waals surface area contributed by atoms with Gasteiger partial charge in [-0.15, -0.1) is 0 Å². The van der Waals surface area contributed by atoms with Gasteiger partial charge in [0.05, 0.1) is 5.69 Å². The van der Waals surface area contributed by atoms with Gasteiger partial charge in [-0.3, -0.25) is 9.69 Å². The number of fused-ring (bicyclic) bond motifs is 1. The Kier molecular flexibility index (Phi) is 3.94. The van der Waals surface area contributed by atoms with Crippen LogP contribution in [-0.4, -0.2) is 29.1 Å². The Morgan fingerprint density at radius 3 is 2.80 bits per heavy atom. The number of hydrogen-bond donors (Lipinski definition) is 2. The molecule has 0 radical (unpaired) electrons. The maximum Gasteiger partial charge on any atom is 0.326 e. The molecule has 2 atom stereocenters. The number of aliphatic carboxylic acids is 1. The molecule has 2 rings (SSSR count). The molecule has 0 spiro atoms. The summed E-state index contributed by atoms with van der Waals surface area (Å²) in [6, 6.07) is 4.34. The van der Waals surface area contributed by atoms with E-state index in [-0.39, 0.29) is 5.91 Å². The van der Waals surface area contributed by atoms with Crippen molar-refractivity contribution in [2.24, 2.45) is 5.73 Å². The van der Waals surface area contributed by atoms with E-state index >= 15 is 0 Å². The van der Waals surface area contributed by atoms with E-state index in [9.17, 15) is 14.7 Å². The van der Waals surface area contributed by atoms with Crippen LogP contribution in [0.2, 0.25) is 0 Å². The Morgan fingerprint density at radius 2 is 2.25 bits per heavy atom. The minimum atomic E-state index is -1.03. The van der Waals surface area contributed by atoms with Crippen LogP contribution in [0.4, 0.5) is 5.69 Å². The van der Waals surface area contributed by atoms with Crippen molar-refractivity contribution in [3.63, 3.8) is 0 Å². The summed E-state index contributed by atoms with van der Waals surface area (Å²) in [7, 11) is 0. The molecule has 0 aromatic heterocycles. The van der Waals surface area contributed by atoms with E-state index in [1.165, 1.54) is 4.90 Å². The van der Waals surface area contributed by atoms with Crippen molar-refractivity contribution < 1.29 is 19.4 Å². The standard InChI is InChI=1S/C14H18N2O4/c1-3-10(14(18)19)16-11-6-9(7-15)4-5-12(11)20-8(2)13(16)17/h4-6,8,10H,3,7,15H2,1-2H3,(H,18,19). The first-order valence-electron chi connectivity index (χ1n) is 6.55. The summed E-state index contributed by atoms with van der Waals surface area (Å²) in [6.45, 7) is 3.66. The fraction of sp³-hybridized carbons (Fsp3) is 0.429. The van der Waals surface area contributed by atoms with Crippen LogP contribution >= 0.6 is 0 Å². The van der Waals surface area contributed by atoms with Crippen molar-refractivity contribution in [3.8, 4) is 5.75 Å². The molecule has 108 valence electrons. The molecule has 1 aromatic rings. The highest BCUT2D eigenvalue weighted by atomic mass is 16.5. The number of nitrogens with zero attached hydrogens (tertiary/aromatic N) is 1. The molecule has 1 aliphatic heterocycles. The van der Waals surface area contributed by atoms with Crippen molar-refractivity contribution in [1.29, 1.82) is 0 Å². The molecule has 0 saturated carbocycles. The molecule has 1 amide bonds. The maximum atomic E-state index is 12.3. The minimum Gasteiger partial charge on any atom is -0.480 e. The van der Waals surface area contributed by atoms with Gasteiger partial charge in [-0.05, 0) is 31.0 Å². The van der Waals surface area contributed by atoms with Gasteiger partial charge in [-0.2, -0.15) is 0 Å². The number of hydrogen-bond acceptors (Lipinski definition) is 4. The number of rotatable bonds is 4. The lowest BCUT2D eigenvalue weighted by molar-refractivity contribution is -0.141. The third kappa shape index (κ3) is 2.34. The fourth-order valence-electron chi connectivity index (χ4n) is 2.32. The molecule has 3 N–H and O–H groups in total. The average molecular weight is 278 g/mol. The third-order valence-electron chi connectivity index (χ3n) is 3.39. The Bertz CT molecular complexity index is 544. The summed E-state index contributed by atoms with van der Waals surface area (Å²) in [5.41, 5.74) is 6.89. The van der Waals surface area contributed by atoms with Gasteiger partial charge in [-0.1, -0.05) is 13.0 Å². The molecule has 1 aromatic carbocycles. The molecular formula is C14H18N2O4. The topological polar surface area (TPSA) is 92.9 Å². The number of carbonyl (C=O) groups is 2. The molecule has 1 aliphatic rings. The predicted octanol–water partition coefficient (Wildman–Crippen LogP) is 1.12. The summed E-state index contributed by atoms with van der Waals surface area (Å²) >= 11 is 0. The smallest absolute Gasteiger partial charge is 0.326 e. The van der Waals surface area contributed by atoms with Gasteiger partial charge in [0.1, 0.15) is 11.8 Å². The van der Waals surface area contributed by atoms with Crippen molar-refractivity contribution in [3.05, 3.63) is 23.8 Å². The molecular weight excluding hydrogens is 260 g/mol. The number of carboxylic acid groups (broad SMARTS) is 1. The van der Waals surface area contributed by atoms with Crippen molar-refractivity contribution >= 4 is 17.6 Å². The van der Waals surface area contributed by atoms with Gasteiger partial charge in [0.25, 0.3) is 5.91 Å². The van der Waals surface area contributed by atoms with Crippen LogP contribution < -0.4 is 15.4 Å². The summed E-state index contributed by atoms with van der Waals surface area (Å²) in [5, 5.41) is 9.32. The zero-order valence-corrected chi connectivity index (χ0v) is 11.5. The lowest BCUT2D eigenvalue weighted by Crippen LogP contribution is -2.52. The molecule has 0 saturated heterocycles. The monoisotopic (exact) mass is 278 g/mol. The number of benzene rings is 1. The van der Waals surface area contributed by atoms with E-state index in [1.807, 2.05) is 0 Å². The van der Waals surface area contributed by atoms with E-state index in [2.05, 4.69) is 0 Å². The number of ether oxygens (including phenoxy) is 1. The number of carboxylic acids is 1. The Morgan fingerprint density at radius 1 is 1.55 bits per heavy atom. The van der Waals surface area contributed by atoms with E-state index < -0.39 is 18.1 Å². The normalized spacial score (nSPS) is 19.2. The van der Waals surface area contributed by atoms with Gasteiger partial charge < -0.3 is 15.6 Å². The van der Waals surface area contributed by atoms with Gasteiger partial charge in [0, 0.05) is 6.54 Å². The molecule has 0 bridgehead atoms. The van der Waals surface area contributed by atoms with Crippen molar-refractivity contribution in [2.45, 2.75) is 39.0 Å². The van der Waals surface area contributed by atoms with Crippen LogP contribution in [0, 0.1) is 0 Å². The van der Waals surface area contributed by atoms with E-state index in [1.54, 1.807) is 32.0 Å². The molecule has 6 nitrogen and oxygen atoms in total. The average Bonchev–Trinajstić information content (AvgIpc) is 2.43. The van der Waals surface area contributed by atoms with E-state index in [0.717, 1.165) is 5.56 Å². The first kappa shape index (κ1) is 14.3. The second kappa shape index (κ2) is 5.50. The van der Waals surface area contributed by atoms with Crippen molar-refractivity contribution in [1.82, 2.24) is 0 Å². The second-order valence-corrected chi connectivity index (χ2v) is 4.74. The quantitative estimate of drug-likeness (QED) is 0.861. The molecule has 6 heteroatoms. The Hall–Kier alpha value is -2.08. The molecule has 1 heterocycles. The highest BCUT2D eigenvalue weighted by molar-refractivity contribution is 6.04. The van der Waals surface area contributed by atoms with Crippen LogP contribution in [-0.2, 0) is 16.1 Å². The molecule has 0 aliphatic carbocycles. The van der Waals surface area contributed by atoms with Crippen LogP contribution in [0.25, 0.3) is 0 Å². The fourth-order valence-corrected chi connectivity index (χ4v) is 2.32. The van der Waals surface area contributed by atoms with Crippen molar-refractivity contribution in [2.75, 3.05) is 4.90 Å². The SMILES string of the molecule is CCC(C(=O)O)N1C(=O)C(C)Oc2ccc(CN)cc21. The summed E-state index contributed by atoms with van der Waals surface area (Å²) in [5.74, 6) is -0.867. The van der Waals surface area contributed by atoms with Gasteiger partial charge in [0.2, 0.25) is 0 Å². The first-order valence-corrected chi connectivity index (χ1v) is 6.55. The number of nitrogens with two attached hydrogens (primary N) is 1. The van der Waals surface area contributed by atoms with Gasteiger partial charge in [-0.25, -0.2) is 4.79 Å². The maximum absolute atomic E-state index is 12.3. The zero-order valence-electron chi connectivity index (χ0n) is 11.5. The molecule has 2 unspecified atom stereocenters. The Balaban J connectivity index is 2.54. The number of anilines is 1. The lowest BCUT2D eigenvalue weighted by Gasteiger charge is -2.36. The minimum absolute atomic E-state index is 0.314. The molecule has 20 heavy (non-hydrogen) atoms. The molecule has 0 fully saturated rings. The Labute approximate surface area is 117 Å². The van der Waals surface area contributed by atoms with Crippen LogP contribution in [0.5, 0.6) is 5.75 Å². The van der Waals surface area contributed by atoms with Crippen LogP contribution in [0.3, 0.4) is 0 Å². The highest BCUT2D eigenvalue weighted by Crippen LogP contribution is 2.36. The van der Waals surface area contributed by atoms with Gasteiger partial charge >= 0.3 is 5.97 Å². The van der Waals surface area contributed by atoms with Gasteiger partial charge in [0.15, 0.2) is 6.10 Å². The second-order valence-electron chi connectivity index (χ2n) is 4.74. The van der Waals surface area contributed by atoms with E-state index in [0.29, 0.717) is 24.4 Å². The summed E-state index contributed by atoms with van der Waals surface area (Å²) < 4.78 is 5.52. The van der Waals surface area contributed by atoms with Crippen LogP contribution in [0.15, 0.2) is 18.2 Å². The third-order valence-corrected chi connectivity index (χ3v) is 3.39. The summed E-state index contributed by atoms with van der Waals surface area (Å²) in [4.78, 5) is 25.0. The largest absolute Gasteiger partial charge is 0.480 e. The number of amides is 1. The zero-order chi connectivity index (χ0) is 14.9. The van der Waals surface area contributed by atoms with Crippen LogP contribution in [0.1, 0.15) is 25.8 Å².